The van der Waals surface area contributed by atoms with E-state index in [1.807, 2.05) is 0 Å². The molecule has 0 radical (unpaired) electrons. The SMILES string of the molecule is CC1(C)CCCC1NS(=O)(=O)c1cc(CO)sc1Br. The van der Waals surface area contributed by atoms with Gasteiger partial charge in [-0.05, 0) is 40.3 Å². The summed E-state index contributed by atoms with van der Waals surface area (Å²) in [4.78, 5) is 0.863. The van der Waals surface area contributed by atoms with Gasteiger partial charge in [0.1, 0.15) is 4.90 Å². The maximum absolute atomic E-state index is 12.4. The molecule has 1 aromatic rings. The summed E-state index contributed by atoms with van der Waals surface area (Å²) in [6.45, 7) is 4.04. The number of aliphatic hydroxyl groups excluding tert-OH is 1. The van der Waals surface area contributed by atoms with Crippen molar-refractivity contribution in [3.05, 3.63) is 14.7 Å². The van der Waals surface area contributed by atoms with Gasteiger partial charge in [-0.15, -0.1) is 11.3 Å². The van der Waals surface area contributed by atoms with Crippen molar-refractivity contribution in [1.82, 2.24) is 4.72 Å². The molecule has 0 bridgehead atoms. The van der Waals surface area contributed by atoms with E-state index in [1.54, 1.807) is 0 Å². The van der Waals surface area contributed by atoms with Crippen molar-refractivity contribution >= 4 is 37.3 Å². The third kappa shape index (κ3) is 3.21. The summed E-state index contributed by atoms with van der Waals surface area (Å²) < 4.78 is 28.2. The maximum Gasteiger partial charge on any atom is 0.242 e. The smallest absolute Gasteiger partial charge is 0.242 e. The molecule has 2 N–H and O–H groups in total. The first-order valence-electron chi connectivity index (χ1n) is 6.18. The zero-order valence-electron chi connectivity index (χ0n) is 10.9. The van der Waals surface area contributed by atoms with Crippen LogP contribution >= 0.6 is 27.3 Å². The third-order valence-corrected chi connectivity index (χ3v) is 7.42. The van der Waals surface area contributed by atoms with Crippen molar-refractivity contribution in [1.29, 1.82) is 0 Å². The molecule has 1 heterocycles. The lowest BCUT2D eigenvalue weighted by molar-refractivity contribution is 0.285. The molecule has 1 atom stereocenters. The summed E-state index contributed by atoms with van der Waals surface area (Å²) >= 11 is 4.51. The average molecular weight is 368 g/mol. The van der Waals surface area contributed by atoms with Crippen LogP contribution in [0, 0.1) is 5.41 Å². The molecular weight excluding hydrogens is 350 g/mol. The van der Waals surface area contributed by atoms with E-state index in [0.29, 0.717) is 8.66 Å². The first kappa shape index (κ1) is 15.4. The Balaban J connectivity index is 2.25. The fourth-order valence-corrected chi connectivity index (χ4v) is 6.44. The molecule has 0 aliphatic heterocycles. The third-order valence-electron chi connectivity index (χ3n) is 3.71. The van der Waals surface area contributed by atoms with Gasteiger partial charge in [0.25, 0.3) is 0 Å². The van der Waals surface area contributed by atoms with Crippen LogP contribution in [0.1, 0.15) is 38.0 Å². The van der Waals surface area contributed by atoms with Crippen LogP contribution in [0.2, 0.25) is 0 Å². The van der Waals surface area contributed by atoms with Crippen LogP contribution in [-0.2, 0) is 16.6 Å². The Bertz CT molecular complexity index is 566. The molecule has 1 aromatic heterocycles. The standard InChI is InChI=1S/C12H18BrNO3S2/c1-12(2)5-3-4-10(12)14-19(16,17)9-6-8(7-15)18-11(9)13/h6,10,14-15H,3-5,7H2,1-2H3. The molecule has 0 aromatic carbocycles. The molecular formula is C12H18BrNO3S2. The Morgan fingerprint density at radius 1 is 1.58 bits per heavy atom. The van der Waals surface area contributed by atoms with Crippen LogP contribution in [0.5, 0.6) is 0 Å². The Morgan fingerprint density at radius 2 is 2.26 bits per heavy atom. The molecule has 108 valence electrons. The molecule has 2 rings (SSSR count). The zero-order valence-corrected chi connectivity index (χ0v) is 14.2. The number of thiophene rings is 1. The number of aliphatic hydroxyl groups is 1. The highest BCUT2D eigenvalue weighted by molar-refractivity contribution is 9.11. The second-order valence-electron chi connectivity index (χ2n) is 5.56. The normalized spacial score (nSPS) is 22.8. The highest BCUT2D eigenvalue weighted by Crippen LogP contribution is 2.39. The minimum Gasteiger partial charge on any atom is -0.391 e. The number of sulfonamides is 1. The maximum atomic E-state index is 12.4. The summed E-state index contributed by atoms with van der Waals surface area (Å²) in [6, 6.07) is 1.50. The van der Waals surface area contributed by atoms with E-state index >= 15 is 0 Å². The Morgan fingerprint density at radius 3 is 2.74 bits per heavy atom. The average Bonchev–Trinajstić information content (AvgIpc) is 2.83. The summed E-state index contributed by atoms with van der Waals surface area (Å²) in [5.74, 6) is 0. The summed E-state index contributed by atoms with van der Waals surface area (Å²) in [6.07, 6.45) is 2.96. The van der Waals surface area contributed by atoms with E-state index in [2.05, 4.69) is 34.5 Å². The van der Waals surface area contributed by atoms with Gasteiger partial charge in [0.15, 0.2) is 0 Å². The Kier molecular flexibility index (Phi) is 4.42. The number of halogens is 1. The molecule has 0 amide bonds. The van der Waals surface area contributed by atoms with Crippen LogP contribution in [0.3, 0.4) is 0 Å². The van der Waals surface area contributed by atoms with Crippen LogP contribution in [-0.4, -0.2) is 19.6 Å². The number of nitrogens with one attached hydrogen (secondary N) is 1. The van der Waals surface area contributed by atoms with E-state index in [-0.39, 0.29) is 23.0 Å². The van der Waals surface area contributed by atoms with Crippen molar-refractivity contribution in [2.24, 2.45) is 5.41 Å². The van der Waals surface area contributed by atoms with Gasteiger partial charge in [-0.1, -0.05) is 20.3 Å². The van der Waals surface area contributed by atoms with Crippen molar-refractivity contribution in [3.63, 3.8) is 0 Å². The monoisotopic (exact) mass is 367 g/mol. The highest BCUT2D eigenvalue weighted by atomic mass is 79.9. The topological polar surface area (TPSA) is 66.4 Å². The first-order chi connectivity index (χ1) is 8.76. The minimum absolute atomic E-state index is 0.00459. The summed E-state index contributed by atoms with van der Waals surface area (Å²) in [5.41, 5.74) is -0.00459. The molecule has 1 saturated carbocycles. The van der Waals surface area contributed by atoms with E-state index in [4.69, 9.17) is 5.11 Å². The van der Waals surface area contributed by atoms with Crippen LogP contribution in [0.25, 0.3) is 0 Å². The minimum atomic E-state index is -3.53. The second kappa shape index (κ2) is 5.44. The van der Waals surface area contributed by atoms with Gasteiger partial charge in [-0.25, -0.2) is 13.1 Å². The molecule has 7 heteroatoms. The predicted octanol–water partition coefficient (Wildman–Crippen LogP) is 2.86. The van der Waals surface area contributed by atoms with Gasteiger partial charge in [0, 0.05) is 10.9 Å². The van der Waals surface area contributed by atoms with E-state index in [1.165, 1.54) is 17.4 Å². The van der Waals surface area contributed by atoms with E-state index in [0.717, 1.165) is 19.3 Å². The molecule has 19 heavy (non-hydrogen) atoms. The Hall–Kier alpha value is 0.0500. The van der Waals surface area contributed by atoms with Crippen LogP contribution in [0.15, 0.2) is 14.7 Å². The summed E-state index contributed by atoms with van der Waals surface area (Å²) in [7, 11) is -3.53. The van der Waals surface area contributed by atoms with Crippen molar-refractivity contribution in [2.45, 2.75) is 50.7 Å². The number of rotatable bonds is 4. The molecule has 0 spiro atoms. The largest absolute Gasteiger partial charge is 0.391 e. The first-order valence-corrected chi connectivity index (χ1v) is 9.27. The van der Waals surface area contributed by atoms with Gasteiger partial charge in [-0.3, -0.25) is 0 Å². The second-order valence-corrected chi connectivity index (χ2v) is 9.70. The van der Waals surface area contributed by atoms with Crippen LogP contribution < -0.4 is 4.72 Å². The molecule has 1 aliphatic rings. The van der Waals surface area contributed by atoms with Gasteiger partial charge in [-0.2, -0.15) is 0 Å². The summed E-state index contributed by atoms with van der Waals surface area (Å²) in [5, 5.41) is 9.08. The van der Waals surface area contributed by atoms with Gasteiger partial charge >= 0.3 is 0 Å². The van der Waals surface area contributed by atoms with Crippen molar-refractivity contribution in [2.75, 3.05) is 0 Å². The molecule has 1 unspecified atom stereocenters. The van der Waals surface area contributed by atoms with Crippen molar-refractivity contribution < 1.29 is 13.5 Å². The number of hydrogen-bond donors (Lipinski definition) is 2. The number of hydrogen-bond acceptors (Lipinski definition) is 4. The molecule has 4 nitrogen and oxygen atoms in total. The van der Waals surface area contributed by atoms with Crippen LogP contribution in [0.4, 0.5) is 0 Å². The quantitative estimate of drug-likeness (QED) is 0.859. The molecule has 0 saturated heterocycles. The fourth-order valence-electron chi connectivity index (χ4n) is 2.45. The fraction of sp³-hybridized carbons (Fsp3) is 0.667. The van der Waals surface area contributed by atoms with Gasteiger partial charge in [0.05, 0.1) is 10.4 Å². The van der Waals surface area contributed by atoms with Gasteiger partial charge < -0.3 is 5.11 Å². The van der Waals surface area contributed by atoms with Crippen molar-refractivity contribution in [3.8, 4) is 0 Å². The lowest BCUT2D eigenvalue weighted by Crippen LogP contribution is -2.41. The van der Waals surface area contributed by atoms with E-state index < -0.39 is 10.0 Å². The van der Waals surface area contributed by atoms with Gasteiger partial charge in [0.2, 0.25) is 10.0 Å². The lowest BCUT2D eigenvalue weighted by atomic mass is 9.88. The molecule has 1 fully saturated rings. The lowest BCUT2D eigenvalue weighted by Gasteiger charge is -2.27. The zero-order chi connectivity index (χ0) is 14.3. The van der Waals surface area contributed by atoms with E-state index in [9.17, 15) is 8.42 Å². The molecule has 1 aliphatic carbocycles. The predicted molar refractivity (Wildman–Crippen MR) is 79.7 cm³/mol. The highest BCUT2D eigenvalue weighted by Gasteiger charge is 2.37. The Labute approximate surface area is 126 Å².